The summed E-state index contributed by atoms with van der Waals surface area (Å²) in [5.41, 5.74) is 2.64. The Morgan fingerprint density at radius 1 is 1.13 bits per heavy atom. The van der Waals surface area contributed by atoms with E-state index in [-0.39, 0.29) is 16.7 Å². The number of carbonyl (C=O) groups excluding carboxylic acids is 1. The number of nitrogens with zero attached hydrogens (tertiary/aromatic N) is 2. The van der Waals surface area contributed by atoms with Crippen LogP contribution in [0.1, 0.15) is 26.5 Å². The zero-order chi connectivity index (χ0) is 22.3. The maximum atomic E-state index is 12.7. The molecule has 0 atom stereocenters. The molecule has 1 N–H and O–H groups in total. The first-order chi connectivity index (χ1) is 14.7. The highest BCUT2D eigenvalue weighted by molar-refractivity contribution is 7.94. The second-order valence-corrected chi connectivity index (χ2v) is 10.0. The highest BCUT2D eigenvalue weighted by Gasteiger charge is 2.18. The van der Waals surface area contributed by atoms with Crippen LogP contribution in [0.5, 0.6) is 0 Å². The average Bonchev–Trinajstić information content (AvgIpc) is 3.21. The second-order valence-electron chi connectivity index (χ2n) is 6.99. The fraction of sp³-hybridized carbons (Fsp3) is 0.143. The largest absolute Gasteiger partial charge is 0.539 e. The maximum absolute atomic E-state index is 12.7. The summed E-state index contributed by atoms with van der Waals surface area (Å²) in [4.78, 5) is 13.1. The fourth-order valence-electron chi connectivity index (χ4n) is 2.87. The highest BCUT2D eigenvalue weighted by atomic mass is 35.5. The molecule has 0 saturated heterocycles. The van der Waals surface area contributed by atoms with Crippen LogP contribution in [0.2, 0.25) is 5.02 Å². The van der Waals surface area contributed by atoms with Crippen LogP contribution in [-0.4, -0.2) is 19.5 Å². The molecule has 160 valence electrons. The minimum atomic E-state index is -3.99. The van der Waals surface area contributed by atoms with Crippen molar-refractivity contribution in [2.24, 2.45) is 0 Å². The Morgan fingerprint density at radius 3 is 2.48 bits per heavy atom. The molecule has 0 spiro atoms. The number of anilines is 1. The van der Waals surface area contributed by atoms with Gasteiger partial charge in [0, 0.05) is 15.8 Å². The number of benzene rings is 2. The van der Waals surface area contributed by atoms with Crippen molar-refractivity contribution >= 4 is 60.5 Å². The molecule has 0 unspecified atom stereocenters. The first kappa shape index (κ1) is 21.4. The van der Waals surface area contributed by atoms with Gasteiger partial charge in [0.2, 0.25) is 0 Å². The molecule has 0 aliphatic carbocycles. The van der Waals surface area contributed by atoms with Gasteiger partial charge in [-0.2, -0.15) is 0 Å². The minimum Gasteiger partial charge on any atom is -0.539 e. The predicted octanol–water partition coefficient (Wildman–Crippen LogP) is 6.11. The number of sulfonamides is 1. The normalized spacial score (nSPS) is 11.6. The van der Waals surface area contributed by atoms with Gasteiger partial charge in [-0.1, -0.05) is 28.9 Å². The lowest BCUT2D eigenvalue weighted by Gasteiger charge is -2.19. The van der Waals surface area contributed by atoms with Crippen LogP contribution < -0.4 is 5.32 Å². The monoisotopic (exact) mass is 474 g/mol. The molecule has 4 rings (SSSR count). The quantitative estimate of drug-likeness (QED) is 0.375. The summed E-state index contributed by atoms with van der Waals surface area (Å²) in [7, 11) is -3.99. The van der Waals surface area contributed by atoms with E-state index >= 15 is 0 Å². The standard InChI is InChI=1S/C21H18ClN3O4S2/c1-11-4-9-16-17(10-11)30-19(18(16)22)20(26)23-14-5-7-15(8-6-14)31(27,28)25-21-12(2)13(3)24-29-21/h4-10H,1-3H3,(H2,23,24,25,26)/p-1. The molecule has 31 heavy (non-hydrogen) atoms. The lowest BCUT2D eigenvalue weighted by Crippen LogP contribution is -2.10. The van der Waals surface area contributed by atoms with Crippen molar-refractivity contribution in [3.05, 3.63) is 73.9 Å². The molecule has 0 aliphatic rings. The van der Waals surface area contributed by atoms with Gasteiger partial charge in [-0.25, -0.2) is 8.42 Å². The van der Waals surface area contributed by atoms with Crippen molar-refractivity contribution in [2.45, 2.75) is 25.7 Å². The molecule has 0 fully saturated rings. The summed E-state index contributed by atoms with van der Waals surface area (Å²) >= 11 is 7.70. The third-order valence-electron chi connectivity index (χ3n) is 4.74. The van der Waals surface area contributed by atoms with Crippen LogP contribution in [0.3, 0.4) is 0 Å². The molecule has 1 amide bonds. The van der Waals surface area contributed by atoms with E-state index in [2.05, 4.69) is 15.2 Å². The van der Waals surface area contributed by atoms with Gasteiger partial charge >= 0.3 is 0 Å². The molecule has 0 radical (unpaired) electrons. The Bertz CT molecular complexity index is 1410. The lowest BCUT2D eigenvalue weighted by molar-refractivity contribution is 0.103. The highest BCUT2D eigenvalue weighted by Crippen LogP contribution is 2.36. The number of nitrogens with one attached hydrogen (secondary N) is 1. The van der Waals surface area contributed by atoms with Crippen LogP contribution in [0.4, 0.5) is 11.6 Å². The van der Waals surface area contributed by atoms with Gasteiger partial charge in [-0.3, -0.25) is 4.79 Å². The van der Waals surface area contributed by atoms with Gasteiger partial charge in [0.05, 0.1) is 21.5 Å². The Labute approximate surface area is 188 Å². The van der Waals surface area contributed by atoms with E-state index in [0.29, 0.717) is 26.8 Å². The van der Waals surface area contributed by atoms with Crippen LogP contribution in [0.15, 0.2) is 51.9 Å². The third kappa shape index (κ3) is 4.16. The van der Waals surface area contributed by atoms with Gasteiger partial charge < -0.3 is 14.6 Å². The fourth-order valence-corrected chi connectivity index (χ4v) is 5.35. The van der Waals surface area contributed by atoms with Crippen molar-refractivity contribution in [1.82, 2.24) is 5.16 Å². The predicted molar refractivity (Wildman–Crippen MR) is 122 cm³/mol. The van der Waals surface area contributed by atoms with Crippen molar-refractivity contribution in [2.75, 3.05) is 5.32 Å². The van der Waals surface area contributed by atoms with Crippen LogP contribution >= 0.6 is 22.9 Å². The van der Waals surface area contributed by atoms with Gasteiger partial charge in [-0.15, -0.1) is 11.3 Å². The zero-order valence-electron chi connectivity index (χ0n) is 16.8. The number of aryl methyl sites for hydroxylation is 2. The molecule has 7 nitrogen and oxygen atoms in total. The molecule has 2 heterocycles. The number of hydrogen-bond acceptors (Lipinski definition) is 6. The number of thiophene rings is 1. The van der Waals surface area contributed by atoms with Crippen molar-refractivity contribution in [3.8, 4) is 0 Å². The minimum absolute atomic E-state index is 0.0330. The van der Waals surface area contributed by atoms with Crippen LogP contribution in [0.25, 0.3) is 14.8 Å². The Balaban J connectivity index is 1.53. The van der Waals surface area contributed by atoms with Gasteiger partial charge in [0.25, 0.3) is 5.91 Å². The number of rotatable bonds is 5. The molecular formula is C21H17ClN3O4S2-. The van der Waals surface area contributed by atoms with E-state index in [4.69, 9.17) is 16.1 Å². The lowest BCUT2D eigenvalue weighted by atomic mass is 10.2. The van der Waals surface area contributed by atoms with E-state index in [1.165, 1.54) is 35.6 Å². The van der Waals surface area contributed by atoms with Crippen LogP contribution in [0, 0.1) is 20.8 Å². The van der Waals surface area contributed by atoms with E-state index in [9.17, 15) is 13.2 Å². The molecule has 0 aliphatic heterocycles. The summed E-state index contributed by atoms with van der Waals surface area (Å²) in [5, 5.41) is 7.67. The summed E-state index contributed by atoms with van der Waals surface area (Å²) in [5.74, 6) is -0.415. The molecule has 10 heteroatoms. The maximum Gasteiger partial charge on any atom is 0.267 e. The molecular weight excluding hydrogens is 458 g/mol. The van der Waals surface area contributed by atoms with E-state index in [1.807, 2.05) is 25.1 Å². The topological polar surface area (TPSA) is 103 Å². The number of carbonyl (C=O) groups is 1. The summed E-state index contributed by atoms with van der Waals surface area (Å²) in [6.45, 7) is 5.35. The first-order valence-corrected chi connectivity index (χ1v) is 11.8. The first-order valence-electron chi connectivity index (χ1n) is 9.16. The Morgan fingerprint density at radius 2 is 1.84 bits per heavy atom. The van der Waals surface area contributed by atoms with Gasteiger partial charge in [0.1, 0.15) is 14.9 Å². The SMILES string of the molecule is Cc1ccc2c(Cl)c(C(=O)Nc3ccc(S(=O)(=O)[N-]c4onc(C)c4C)cc3)sc2c1. The molecule has 2 aromatic heterocycles. The van der Waals surface area contributed by atoms with Gasteiger partial charge in [-0.05, 0) is 62.2 Å². The third-order valence-corrected chi connectivity index (χ3v) is 7.67. The molecule has 4 aromatic rings. The molecule has 0 bridgehead atoms. The smallest absolute Gasteiger partial charge is 0.267 e. The molecule has 0 saturated carbocycles. The average molecular weight is 475 g/mol. The number of hydrogen-bond donors (Lipinski definition) is 1. The number of halogens is 1. The summed E-state index contributed by atoms with van der Waals surface area (Å²) < 4.78 is 34.7. The number of amides is 1. The van der Waals surface area contributed by atoms with Crippen molar-refractivity contribution in [3.63, 3.8) is 0 Å². The Hall–Kier alpha value is -2.88. The zero-order valence-corrected chi connectivity index (χ0v) is 19.2. The second kappa shape index (κ2) is 7.99. The van der Waals surface area contributed by atoms with Gasteiger partial charge in [0.15, 0.2) is 0 Å². The molecule has 2 aromatic carbocycles. The van der Waals surface area contributed by atoms with Crippen molar-refractivity contribution in [1.29, 1.82) is 0 Å². The summed E-state index contributed by atoms with van der Waals surface area (Å²) in [6.07, 6.45) is 0. The Kier molecular flexibility index (Phi) is 5.50. The van der Waals surface area contributed by atoms with E-state index < -0.39 is 10.0 Å². The summed E-state index contributed by atoms with van der Waals surface area (Å²) in [6, 6.07) is 11.5. The van der Waals surface area contributed by atoms with E-state index in [0.717, 1.165) is 15.6 Å². The van der Waals surface area contributed by atoms with Crippen molar-refractivity contribution < 1.29 is 17.7 Å². The van der Waals surface area contributed by atoms with Crippen LogP contribution in [-0.2, 0) is 10.0 Å². The number of fused-ring (bicyclic) bond motifs is 1. The van der Waals surface area contributed by atoms with E-state index in [1.54, 1.807) is 13.8 Å². The number of aromatic nitrogens is 1.